The summed E-state index contributed by atoms with van der Waals surface area (Å²) in [7, 11) is 0. The lowest BCUT2D eigenvalue weighted by Gasteiger charge is -2.30. The van der Waals surface area contributed by atoms with Crippen LogP contribution in [0.3, 0.4) is 0 Å². The number of allylic oxidation sites excluding steroid dienone is 1. The van der Waals surface area contributed by atoms with Crippen molar-refractivity contribution in [3.05, 3.63) is 64.4 Å². The summed E-state index contributed by atoms with van der Waals surface area (Å²) in [4.78, 5) is 12.6. The Bertz CT molecular complexity index is 648. The van der Waals surface area contributed by atoms with Crippen LogP contribution in [0.25, 0.3) is 6.08 Å². The van der Waals surface area contributed by atoms with E-state index in [4.69, 9.17) is 0 Å². The Balaban J connectivity index is 2.23. The third-order valence-electron chi connectivity index (χ3n) is 3.13. The van der Waals surface area contributed by atoms with Gasteiger partial charge in [0, 0.05) is 4.88 Å². The Hall–Kier alpha value is -1.92. The number of alkyl halides is 3. The minimum Gasteiger partial charge on any atom is -0.376 e. The van der Waals surface area contributed by atoms with Gasteiger partial charge in [0.25, 0.3) is 0 Å². The summed E-state index contributed by atoms with van der Waals surface area (Å²) in [5.41, 5.74) is -3.54. The summed E-state index contributed by atoms with van der Waals surface area (Å²) in [5.74, 6) is -0.794. The highest BCUT2D eigenvalue weighted by atomic mass is 32.1. The Morgan fingerprint density at radius 2 is 1.82 bits per heavy atom. The van der Waals surface area contributed by atoms with Crippen LogP contribution in [0.1, 0.15) is 16.9 Å². The third-order valence-corrected chi connectivity index (χ3v) is 3.96. The molecule has 2 aromatic rings. The zero-order valence-electron chi connectivity index (χ0n) is 11.4. The van der Waals surface area contributed by atoms with E-state index in [1.807, 2.05) is 0 Å². The van der Waals surface area contributed by atoms with Gasteiger partial charge in [0.1, 0.15) is 0 Å². The van der Waals surface area contributed by atoms with E-state index in [0.717, 1.165) is 23.1 Å². The van der Waals surface area contributed by atoms with Crippen LogP contribution >= 0.6 is 11.3 Å². The molecule has 2 rings (SSSR count). The predicted molar refractivity (Wildman–Crippen MR) is 79.4 cm³/mol. The number of benzene rings is 1. The van der Waals surface area contributed by atoms with E-state index < -0.39 is 24.0 Å². The van der Waals surface area contributed by atoms with Crippen molar-refractivity contribution in [2.45, 2.75) is 18.2 Å². The zero-order chi connectivity index (χ0) is 16.2. The van der Waals surface area contributed by atoms with Crippen LogP contribution in [-0.2, 0) is 10.4 Å². The smallest absolute Gasteiger partial charge is 0.376 e. The molecular formula is C16H13F3O2S. The molecule has 0 amide bonds. The highest BCUT2D eigenvalue weighted by Crippen LogP contribution is 2.41. The lowest BCUT2D eigenvalue weighted by Crippen LogP contribution is -2.43. The first-order chi connectivity index (χ1) is 10.3. The molecule has 1 atom stereocenters. The molecule has 0 aliphatic rings. The maximum atomic E-state index is 13.2. The van der Waals surface area contributed by atoms with Crippen LogP contribution in [-0.4, -0.2) is 17.1 Å². The summed E-state index contributed by atoms with van der Waals surface area (Å²) < 4.78 is 39.7. The van der Waals surface area contributed by atoms with Crippen LogP contribution in [0.5, 0.6) is 0 Å². The molecule has 0 unspecified atom stereocenters. The van der Waals surface area contributed by atoms with Gasteiger partial charge >= 0.3 is 6.18 Å². The highest BCUT2D eigenvalue weighted by Gasteiger charge is 2.55. The van der Waals surface area contributed by atoms with Gasteiger partial charge < -0.3 is 5.11 Å². The first kappa shape index (κ1) is 16.5. The van der Waals surface area contributed by atoms with E-state index in [0.29, 0.717) is 0 Å². The minimum absolute atomic E-state index is 0.347. The lowest BCUT2D eigenvalue weighted by atomic mass is 9.88. The van der Waals surface area contributed by atoms with Crippen molar-refractivity contribution in [2.24, 2.45) is 0 Å². The molecule has 0 aliphatic carbocycles. The Kier molecular flexibility index (Phi) is 4.83. The van der Waals surface area contributed by atoms with E-state index in [2.05, 4.69) is 0 Å². The fourth-order valence-corrected chi connectivity index (χ4v) is 2.57. The number of hydrogen-bond acceptors (Lipinski definition) is 3. The van der Waals surface area contributed by atoms with Gasteiger partial charge in [-0.15, -0.1) is 11.3 Å². The quantitative estimate of drug-likeness (QED) is 0.837. The van der Waals surface area contributed by atoms with Crippen LogP contribution in [0.4, 0.5) is 13.2 Å². The first-order valence-corrected chi connectivity index (χ1v) is 7.30. The van der Waals surface area contributed by atoms with Gasteiger partial charge in [-0.05, 0) is 29.2 Å². The summed E-state index contributed by atoms with van der Waals surface area (Å²) >= 11 is 1.36. The van der Waals surface area contributed by atoms with E-state index in [-0.39, 0.29) is 5.56 Å². The van der Waals surface area contributed by atoms with E-state index in [1.165, 1.54) is 29.5 Å². The Morgan fingerprint density at radius 3 is 2.36 bits per heavy atom. The molecule has 0 spiro atoms. The van der Waals surface area contributed by atoms with Crippen molar-refractivity contribution < 1.29 is 23.1 Å². The molecule has 0 radical (unpaired) electrons. The van der Waals surface area contributed by atoms with Gasteiger partial charge in [0.2, 0.25) is 0 Å². The standard InChI is InChI=1S/C16H13F3O2S/c17-16(18,19)15(21,12-5-2-1-3-6-12)11-13(20)8-9-14-7-4-10-22-14/h1-10,21H,11H2/t15-/m0/s1. The maximum absolute atomic E-state index is 13.2. The zero-order valence-corrected chi connectivity index (χ0v) is 12.2. The number of aliphatic hydroxyl groups is 1. The second kappa shape index (κ2) is 6.46. The first-order valence-electron chi connectivity index (χ1n) is 6.42. The largest absolute Gasteiger partial charge is 0.421 e. The van der Waals surface area contributed by atoms with Crippen LogP contribution in [0.15, 0.2) is 53.9 Å². The van der Waals surface area contributed by atoms with Crippen molar-refractivity contribution in [1.82, 2.24) is 0 Å². The fourth-order valence-electron chi connectivity index (χ4n) is 1.95. The second-order valence-corrected chi connectivity index (χ2v) is 5.70. The normalized spacial score (nSPS) is 14.9. The van der Waals surface area contributed by atoms with Gasteiger partial charge in [-0.25, -0.2) is 0 Å². The van der Waals surface area contributed by atoms with Gasteiger partial charge in [-0.3, -0.25) is 4.79 Å². The number of carbonyl (C=O) groups excluding carboxylic acids is 1. The molecule has 2 nitrogen and oxygen atoms in total. The van der Waals surface area contributed by atoms with Crippen LogP contribution < -0.4 is 0 Å². The molecular weight excluding hydrogens is 313 g/mol. The van der Waals surface area contributed by atoms with Crippen molar-refractivity contribution in [3.8, 4) is 0 Å². The Labute approximate surface area is 129 Å². The predicted octanol–water partition coefficient (Wildman–Crippen LogP) is 4.17. The molecule has 0 saturated heterocycles. The van der Waals surface area contributed by atoms with E-state index >= 15 is 0 Å². The molecule has 0 bridgehead atoms. The van der Waals surface area contributed by atoms with Crippen molar-refractivity contribution in [2.75, 3.05) is 0 Å². The number of carbonyl (C=O) groups is 1. The highest BCUT2D eigenvalue weighted by molar-refractivity contribution is 7.10. The molecule has 6 heteroatoms. The molecule has 0 fully saturated rings. The molecule has 22 heavy (non-hydrogen) atoms. The summed E-state index contributed by atoms with van der Waals surface area (Å²) in [6.07, 6.45) is -3.50. The summed E-state index contributed by atoms with van der Waals surface area (Å²) in [6, 6.07) is 10.1. The number of halogens is 3. The monoisotopic (exact) mass is 326 g/mol. The fraction of sp³-hybridized carbons (Fsp3) is 0.188. The van der Waals surface area contributed by atoms with E-state index in [1.54, 1.807) is 23.6 Å². The Morgan fingerprint density at radius 1 is 1.14 bits per heavy atom. The van der Waals surface area contributed by atoms with Gasteiger partial charge in [-0.1, -0.05) is 36.4 Å². The molecule has 116 valence electrons. The van der Waals surface area contributed by atoms with Crippen molar-refractivity contribution in [1.29, 1.82) is 0 Å². The maximum Gasteiger partial charge on any atom is 0.421 e. The summed E-state index contributed by atoms with van der Waals surface area (Å²) in [6.45, 7) is 0. The molecule has 1 aromatic heterocycles. The summed E-state index contributed by atoms with van der Waals surface area (Å²) in [5, 5.41) is 11.9. The number of thiophene rings is 1. The molecule has 0 saturated carbocycles. The van der Waals surface area contributed by atoms with Gasteiger partial charge in [-0.2, -0.15) is 13.2 Å². The lowest BCUT2D eigenvalue weighted by molar-refractivity contribution is -0.266. The molecule has 1 heterocycles. The minimum atomic E-state index is -4.94. The van der Waals surface area contributed by atoms with Gasteiger partial charge in [0.15, 0.2) is 11.4 Å². The van der Waals surface area contributed by atoms with Crippen molar-refractivity contribution in [3.63, 3.8) is 0 Å². The number of hydrogen-bond donors (Lipinski definition) is 1. The molecule has 1 aromatic carbocycles. The van der Waals surface area contributed by atoms with Gasteiger partial charge in [0.05, 0.1) is 6.42 Å². The van der Waals surface area contributed by atoms with Crippen LogP contribution in [0, 0.1) is 0 Å². The average Bonchev–Trinajstić information content (AvgIpc) is 2.98. The SMILES string of the molecule is O=C(C=Cc1cccs1)C[C@](O)(c1ccccc1)C(F)(F)F. The molecule has 0 aliphatic heterocycles. The second-order valence-electron chi connectivity index (χ2n) is 4.72. The number of rotatable bonds is 5. The third kappa shape index (κ3) is 3.64. The molecule has 1 N–H and O–H groups in total. The number of ketones is 1. The topological polar surface area (TPSA) is 37.3 Å². The van der Waals surface area contributed by atoms with Crippen molar-refractivity contribution >= 4 is 23.2 Å². The van der Waals surface area contributed by atoms with E-state index in [9.17, 15) is 23.1 Å². The van der Waals surface area contributed by atoms with Crippen LogP contribution in [0.2, 0.25) is 0 Å². The average molecular weight is 326 g/mol.